The Hall–Kier alpha value is -2.54. The molecule has 6 nitrogen and oxygen atoms in total. The molecule has 1 atom stereocenters. The molecule has 1 unspecified atom stereocenters. The first-order valence-corrected chi connectivity index (χ1v) is 10.7. The highest BCUT2D eigenvalue weighted by Gasteiger charge is 2.27. The molecule has 1 aliphatic rings. The Morgan fingerprint density at radius 2 is 1.90 bits per heavy atom. The number of amides is 1. The fraction of sp³-hybridized carbons (Fsp3) is 0.522. The van der Waals surface area contributed by atoms with Crippen molar-refractivity contribution in [2.24, 2.45) is 0 Å². The summed E-state index contributed by atoms with van der Waals surface area (Å²) >= 11 is 0. The van der Waals surface area contributed by atoms with E-state index in [4.69, 9.17) is 4.98 Å². The van der Waals surface area contributed by atoms with E-state index < -0.39 is 0 Å². The first-order valence-electron chi connectivity index (χ1n) is 10.7. The van der Waals surface area contributed by atoms with Crippen LogP contribution in [-0.4, -0.2) is 72.5 Å². The molecular weight excluding hydrogens is 381 g/mol. The Balaban J connectivity index is 1.88. The first kappa shape index (κ1) is 22.2. The smallest absolute Gasteiger partial charge is 0.236 e. The van der Waals surface area contributed by atoms with Crippen LogP contribution in [0.5, 0.6) is 0 Å². The molecule has 1 aromatic carbocycles. The fourth-order valence-electron chi connectivity index (χ4n) is 4.05. The van der Waals surface area contributed by atoms with Crippen molar-refractivity contribution in [1.82, 2.24) is 19.8 Å². The van der Waals surface area contributed by atoms with Gasteiger partial charge >= 0.3 is 0 Å². The van der Waals surface area contributed by atoms with Crippen molar-refractivity contribution in [2.45, 2.75) is 32.6 Å². The molecule has 0 aliphatic carbocycles. The zero-order valence-electron chi connectivity index (χ0n) is 18.4. The minimum Gasteiger partial charge on any atom is -0.347 e. The lowest BCUT2D eigenvalue weighted by molar-refractivity contribution is -0.132. The molecular formula is C23H32FN5O. The van der Waals surface area contributed by atoms with Crippen molar-refractivity contribution in [1.29, 1.82) is 0 Å². The molecule has 0 radical (unpaired) electrons. The number of hydrogen-bond acceptors (Lipinski definition) is 5. The van der Waals surface area contributed by atoms with Crippen LogP contribution in [0.15, 0.2) is 30.5 Å². The molecule has 1 aliphatic heterocycles. The van der Waals surface area contributed by atoms with Crippen molar-refractivity contribution in [3.8, 4) is 11.1 Å². The molecule has 162 valence electrons. The van der Waals surface area contributed by atoms with E-state index in [-0.39, 0.29) is 17.6 Å². The Bertz CT molecular complexity index is 851. The van der Waals surface area contributed by atoms with Gasteiger partial charge in [-0.05, 0) is 50.9 Å². The number of nitrogens with zero attached hydrogens (tertiary/aromatic N) is 5. The summed E-state index contributed by atoms with van der Waals surface area (Å²) in [7, 11) is 3.85. The van der Waals surface area contributed by atoms with Gasteiger partial charge in [-0.2, -0.15) is 0 Å². The van der Waals surface area contributed by atoms with Gasteiger partial charge in [0.2, 0.25) is 11.9 Å². The maximum absolute atomic E-state index is 13.4. The van der Waals surface area contributed by atoms with Crippen LogP contribution < -0.4 is 4.90 Å². The second-order valence-corrected chi connectivity index (χ2v) is 8.01. The Morgan fingerprint density at radius 1 is 1.20 bits per heavy atom. The molecule has 2 aromatic rings. The van der Waals surface area contributed by atoms with Crippen molar-refractivity contribution in [3.05, 3.63) is 42.0 Å². The van der Waals surface area contributed by atoms with E-state index in [0.29, 0.717) is 12.5 Å². The van der Waals surface area contributed by atoms with E-state index in [0.717, 1.165) is 55.8 Å². The number of halogens is 1. The Kier molecular flexibility index (Phi) is 7.37. The number of anilines is 1. The number of carbonyl (C=O) groups is 1. The number of rotatable bonds is 7. The van der Waals surface area contributed by atoms with Crippen LogP contribution in [0, 0.1) is 5.82 Å². The number of carbonyl (C=O) groups excluding carboxylic acids is 1. The van der Waals surface area contributed by atoms with Gasteiger partial charge in [0.05, 0.1) is 12.2 Å². The normalized spacial score (nSPS) is 17.0. The summed E-state index contributed by atoms with van der Waals surface area (Å²) in [6.07, 6.45) is 3.86. The number of benzene rings is 1. The van der Waals surface area contributed by atoms with Crippen LogP contribution in [0.3, 0.4) is 0 Å². The summed E-state index contributed by atoms with van der Waals surface area (Å²) in [5.41, 5.74) is 2.82. The number of aromatic nitrogens is 2. The average Bonchev–Trinajstić information content (AvgIpc) is 2.75. The van der Waals surface area contributed by atoms with Crippen molar-refractivity contribution >= 4 is 11.9 Å². The van der Waals surface area contributed by atoms with Crippen molar-refractivity contribution in [3.63, 3.8) is 0 Å². The predicted octanol–water partition coefficient (Wildman–Crippen LogP) is 3.40. The number of likely N-dealkylation sites (tertiary alicyclic amines) is 1. The summed E-state index contributed by atoms with van der Waals surface area (Å²) in [5.74, 6) is 0.776. The lowest BCUT2D eigenvalue weighted by Crippen LogP contribution is -2.44. The third-order valence-corrected chi connectivity index (χ3v) is 5.73. The number of piperidine rings is 1. The van der Waals surface area contributed by atoms with Gasteiger partial charge in [-0.15, -0.1) is 0 Å². The molecule has 0 bridgehead atoms. The van der Waals surface area contributed by atoms with E-state index in [9.17, 15) is 9.18 Å². The summed E-state index contributed by atoms with van der Waals surface area (Å²) in [6.45, 7) is 7.64. The molecule has 1 amide bonds. The van der Waals surface area contributed by atoms with E-state index in [1.165, 1.54) is 12.1 Å². The highest BCUT2D eigenvalue weighted by Crippen LogP contribution is 2.34. The summed E-state index contributed by atoms with van der Waals surface area (Å²) < 4.78 is 13.4. The largest absolute Gasteiger partial charge is 0.347 e. The highest BCUT2D eigenvalue weighted by molar-refractivity contribution is 5.78. The van der Waals surface area contributed by atoms with Crippen molar-refractivity contribution < 1.29 is 9.18 Å². The molecule has 1 saturated heterocycles. The van der Waals surface area contributed by atoms with Crippen LogP contribution in [0.1, 0.15) is 38.3 Å². The van der Waals surface area contributed by atoms with E-state index in [1.807, 2.05) is 43.9 Å². The monoisotopic (exact) mass is 413 g/mol. The standard InChI is InChI=1S/C23H32FN5O/c1-5-29(6-2)21(30)16-28-13-7-8-18(15-28)22-20(14-25-23(26-22)27(3)4)17-9-11-19(24)12-10-17/h9-12,14,18H,5-8,13,15-16H2,1-4H3. The van der Waals surface area contributed by atoms with Gasteiger partial charge < -0.3 is 9.80 Å². The quantitative estimate of drug-likeness (QED) is 0.696. The summed E-state index contributed by atoms with van der Waals surface area (Å²) in [6, 6.07) is 6.48. The molecule has 0 spiro atoms. The Morgan fingerprint density at radius 3 is 2.53 bits per heavy atom. The first-order chi connectivity index (χ1) is 14.4. The molecule has 0 N–H and O–H groups in total. The average molecular weight is 414 g/mol. The fourth-order valence-corrected chi connectivity index (χ4v) is 4.05. The molecule has 1 aromatic heterocycles. The van der Waals surface area contributed by atoms with Crippen molar-refractivity contribution in [2.75, 3.05) is 51.7 Å². The van der Waals surface area contributed by atoms with E-state index in [2.05, 4.69) is 9.88 Å². The molecule has 0 saturated carbocycles. The molecule has 2 heterocycles. The minimum absolute atomic E-state index is 0.177. The van der Waals surface area contributed by atoms with Crippen LogP contribution in [-0.2, 0) is 4.79 Å². The van der Waals surface area contributed by atoms with E-state index >= 15 is 0 Å². The molecule has 7 heteroatoms. The lowest BCUT2D eigenvalue weighted by atomic mass is 9.90. The minimum atomic E-state index is -0.259. The molecule has 30 heavy (non-hydrogen) atoms. The SMILES string of the molecule is CCN(CC)C(=O)CN1CCCC(c2nc(N(C)C)ncc2-c2ccc(F)cc2)C1. The zero-order chi connectivity index (χ0) is 21.7. The van der Waals surface area contributed by atoms with Crippen LogP contribution in [0.2, 0.25) is 0 Å². The maximum atomic E-state index is 13.4. The molecule has 1 fully saturated rings. The second-order valence-electron chi connectivity index (χ2n) is 8.01. The van der Waals surface area contributed by atoms with Gasteiger partial charge in [0.25, 0.3) is 0 Å². The predicted molar refractivity (Wildman–Crippen MR) is 118 cm³/mol. The third kappa shape index (κ3) is 5.14. The van der Waals surface area contributed by atoms with E-state index in [1.54, 1.807) is 12.1 Å². The maximum Gasteiger partial charge on any atom is 0.236 e. The molecule has 3 rings (SSSR count). The van der Waals surface area contributed by atoms with Crippen LogP contribution in [0.4, 0.5) is 10.3 Å². The number of likely N-dealkylation sites (N-methyl/N-ethyl adjacent to an activating group) is 1. The lowest BCUT2D eigenvalue weighted by Gasteiger charge is -2.34. The van der Waals surface area contributed by atoms with Gasteiger partial charge in [-0.25, -0.2) is 14.4 Å². The van der Waals surface area contributed by atoms with Gasteiger partial charge in [0, 0.05) is 51.4 Å². The summed E-state index contributed by atoms with van der Waals surface area (Å²) in [4.78, 5) is 28.0. The summed E-state index contributed by atoms with van der Waals surface area (Å²) in [5, 5.41) is 0. The zero-order valence-corrected chi connectivity index (χ0v) is 18.4. The van der Waals surface area contributed by atoms with Gasteiger partial charge in [0.1, 0.15) is 5.82 Å². The Labute approximate surface area is 178 Å². The second kappa shape index (κ2) is 9.98. The highest BCUT2D eigenvalue weighted by atomic mass is 19.1. The van der Waals surface area contributed by atoms with Gasteiger partial charge in [0.15, 0.2) is 0 Å². The van der Waals surface area contributed by atoms with Gasteiger partial charge in [-0.3, -0.25) is 9.69 Å². The third-order valence-electron chi connectivity index (χ3n) is 5.73. The van der Waals surface area contributed by atoms with Crippen LogP contribution in [0.25, 0.3) is 11.1 Å². The van der Waals surface area contributed by atoms with Crippen LogP contribution >= 0.6 is 0 Å². The van der Waals surface area contributed by atoms with Gasteiger partial charge in [-0.1, -0.05) is 12.1 Å². The number of hydrogen-bond donors (Lipinski definition) is 0. The topological polar surface area (TPSA) is 52.6 Å².